The van der Waals surface area contributed by atoms with Crippen LogP contribution < -0.4 is 0 Å². The van der Waals surface area contributed by atoms with Gasteiger partial charge in [-0.15, -0.1) is 0 Å². The average Bonchev–Trinajstić information content (AvgIpc) is 3.25. The number of carbonyl (C=O) groups excluding carboxylic acids is 1. The van der Waals surface area contributed by atoms with Gasteiger partial charge in [-0.25, -0.2) is 0 Å². The van der Waals surface area contributed by atoms with Gasteiger partial charge in [0, 0.05) is 37.8 Å². The molecule has 5 nitrogen and oxygen atoms in total. The number of aryl methyl sites for hydroxylation is 1. The number of rotatable bonds is 6. The van der Waals surface area contributed by atoms with Crippen LogP contribution in [0.15, 0.2) is 47.3 Å². The fraction of sp³-hybridized carbons (Fsp3) is 0.444. The van der Waals surface area contributed by atoms with Gasteiger partial charge in [0.2, 0.25) is 5.91 Å². The van der Waals surface area contributed by atoms with Crippen molar-refractivity contribution in [3.05, 3.63) is 54.2 Å². The van der Waals surface area contributed by atoms with Crippen molar-refractivity contribution in [2.45, 2.75) is 44.2 Å². The predicted molar refractivity (Wildman–Crippen MR) is 85.6 cm³/mol. The third kappa shape index (κ3) is 3.99. The van der Waals surface area contributed by atoms with Crippen LogP contribution in [-0.4, -0.2) is 33.5 Å². The normalized spacial score (nSPS) is 19.0. The van der Waals surface area contributed by atoms with E-state index in [4.69, 9.17) is 4.42 Å². The summed E-state index contributed by atoms with van der Waals surface area (Å²) in [5.74, 6) is 0.733. The number of likely N-dealkylation sites (tertiary alicyclic amines) is 1. The maximum absolute atomic E-state index is 12.5. The zero-order chi connectivity index (χ0) is 16.1. The molecule has 1 aliphatic rings. The average molecular weight is 314 g/mol. The minimum atomic E-state index is -0.649. The number of aliphatic hydroxyl groups excluding tert-OH is 1. The number of carbonyl (C=O) groups is 1. The summed E-state index contributed by atoms with van der Waals surface area (Å²) >= 11 is 0. The molecule has 2 aromatic rings. The van der Waals surface area contributed by atoms with E-state index in [0.717, 1.165) is 31.4 Å². The van der Waals surface area contributed by atoms with Gasteiger partial charge in [0.25, 0.3) is 0 Å². The minimum Gasteiger partial charge on any atom is -0.467 e. The summed E-state index contributed by atoms with van der Waals surface area (Å²) < 4.78 is 5.25. The molecule has 1 saturated heterocycles. The first-order valence-electron chi connectivity index (χ1n) is 8.14. The molecule has 0 bridgehead atoms. The first-order chi connectivity index (χ1) is 11.2. The first-order valence-corrected chi connectivity index (χ1v) is 8.14. The van der Waals surface area contributed by atoms with Crippen LogP contribution in [0, 0.1) is 0 Å². The van der Waals surface area contributed by atoms with Crippen molar-refractivity contribution >= 4 is 5.91 Å². The topological polar surface area (TPSA) is 66.6 Å². The Bertz CT molecular complexity index is 612. The van der Waals surface area contributed by atoms with Gasteiger partial charge in [-0.3, -0.25) is 9.78 Å². The smallest absolute Gasteiger partial charge is 0.223 e. The number of amides is 1. The summed E-state index contributed by atoms with van der Waals surface area (Å²) in [6.45, 7) is 0.782. The molecule has 1 N–H and O–H groups in total. The Hall–Kier alpha value is -2.14. The van der Waals surface area contributed by atoms with Crippen LogP contribution in [0.1, 0.15) is 43.1 Å². The first kappa shape index (κ1) is 15.7. The largest absolute Gasteiger partial charge is 0.467 e. The number of aliphatic hydroxyl groups is 1. The van der Waals surface area contributed by atoms with Crippen LogP contribution in [0.25, 0.3) is 0 Å². The summed E-state index contributed by atoms with van der Waals surface area (Å²) in [4.78, 5) is 18.4. The van der Waals surface area contributed by atoms with Gasteiger partial charge >= 0.3 is 0 Å². The van der Waals surface area contributed by atoms with E-state index in [0.29, 0.717) is 18.6 Å². The Kier molecular flexibility index (Phi) is 5.08. The van der Waals surface area contributed by atoms with Gasteiger partial charge < -0.3 is 14.4 Å². The maximum Gasteiger partial charge on any atom is 0.223 e. The van der Waals surface area contributed by atoms with E-state index in [9.17, 15) is 9.90 Å². The molecule has 3 rings (SSSR count). The van der Waals surface area contributed by atoms with E-state index in [1.54, 1.807) is 30.8 Å². The third-order valence-electron chi connectivity index (χ3n) is 4.44. The quantitative estimate of drug-likeness (QED) is 0.890. The molecule has 0 radical (unpaired) electrons. The lowest BCUT2D eigenvalue weighted by molar-refractivity contribution is -0.132. The lowest BCUT2D eigenvalue weighted by atomic mass is 10.0. The molecule has 0 aromatic carbocycles. The third-order valence-corrected chi connectivity index (χ3v) is 4.44. The van der Waals surface area contributed by atoms with Crippen LogP contribution >= 0.6 is 0 Å². The molecule has 2 aromatic heterocycles. The zero-order valence-electron chi connectivity index (χ0n) is 13.1. The minimum absolute atomic E-state index is 0.0973. The van der Waals surface area contributed by atoms with Gasteiger partial charge in [-0.05, 0) is 49.1 Å². The van der Waals surface area contributed by atoms with E-state index in [2.05, 4.69) is 4.98 Å². The number of hydrogen-bond donors (Lipinski definition) is 1. The Balaban J connectivity index is 1.54. The van der Waals surface area contributed by atoms with Crippen molar-refractivity contribution in [3.8, 4) is 0 Å². The molecular weight excluding hydrogens is 292 g/mol. The highest BCUT2D eigenvalue weighted by Crippen LogP contribution is 2.28. The monoisotopic (exact) mass is 314 g/mol. The number of pyridine rings is 1. The van der Waals surface area contributed by atoms with Crippen molar-refractivity contribution in [1.29, 1.82) is 0 Å². The van der Waals surface area contributed by atoms with E-state index in [1.807, 2.05) is 17.0 Å². The summed E-state index contributed by atoms with van der Waals surface area (Å²) in [7, 11) is 0. The second-order valence-corrected chi connectivity index (χ2v) is 6.01. The van der Waals surface area contributed by atoms with Crippen LogP contribution in [0.5, 0.6) is 0 Å². The molecule has 1 aliphatic heterocycles. The maximum atomic E-state index is 12.5. The Morgan fingerprint density at radius 3 is 2.96 bits per heavy atom. The zero-order valence-corrected chi connectivity index (χ0v) is 13.1. The predicted octanol–water partition coefficient (Wildman–Crippen LogP) is 2.72. The lowest BCUT2D eigenvalue weighted by Crippen LogP contribution is -2.36. The molecule has 1 fully saturated rings. The van der Waals surface area contributed by atoms with Gasteiger partial charge in [-0.1, -0.05) is 0 Å². The molecule has 1 amide bonds. The SMILES string of the molecule is O=C(CCc1ccncc1)N1CCCC1CC(O)c1ccco1. The molecular formula is C18H22N2O3. The van der Waals surface area contributed by atoms with Crippen molar-refractivity contribution in [2.24, 2.45) is 0 Å². The molecule has 23 heavy (non-hydrogen) atoms. The second kappa shape index (κ2) is 7.42. The second-order valence-electron chi connectivity index (χ2n) is 6.01. The van der Waals surface area contributed by atoms with Crippen LogP contribution in [0.4, 0.5) is 0 Å². The molecule has 2 atom stereocenters. The summed E-state index contributed by atoms with van der Waals surface area (Å²) in [6, 6.07) is 7.52. The van der Waals surface area contributed by atoms with Gasteiger partial charge in [0.1, 0.15) is 11.9 Å². The van der Waals surface area contributed by atoms with E-state index >= 15 is 0 Å². The van der Waals surface area contributed by atoms with Gasteiger partial charge in [0.05, 0.1) is 6.26 Å². The number of furan rings is 1. The van der Waals surface area contributed by atoms with Crippen molar-refractivity contribution in [2.75, 3.05) is 6.54 Å². The highest BCUT2D eigenvalue weighted by atomic mass is 16.4. The number of nitrogens with zero attached hydrogens (tertiary/aromatic N) is 2. The lowest BCUT2D eigenvalue weighted by Gasteiger charge is -2.26. The van der Waals surface area contributed by atoms with Crippen molar-refractivity contribution in [3.63, 3.8) is 0 Å². The van der Waals surface area contributed by atoms with Gasteiger partial charge in [-0.2, -0.15) is 0 Å². The molecule has 5 heteroatoms. The van der Waals surface area contributed by atoms with Crippen molar-refractivity contribution < 1.29 is 14.3 Å². The van der Waals surface area contributed by atoms with Crippen LogP contribution in [-0.2, 0) is 11.2 Å². The fourth-order valence-corrected chi connectivity index (χ4v) is 3.21. The Morgan fingerprint density at radius 2 is 2.22 bits per heavy atom. The van der Waals surface area contributed by atoms with Gasteiger partial charge in [0.15, 0.2) is 0 Å². The molecule has 2 unspecified atom stereocenters. The molecule has 122 valence electrons. The van der Waals surface area contributed by atoms with Crippen LogP contribution in [0.2, 0.25) is 0 Å². The summed E-state index contributed by atoms with van der Waals surface area (Å²) in [5.41, 5.74) is 1.12. The van der Waals surface area contributed by atoms with Crippen molar-refractivity contribution in [1.82, 2.24) is 9.88 Å². The number of aromatic nitrogens is 1. The molecule has 0 aliphatic carbocycles. The fourth-order valence-electron chi connectivity index (χ4n) is 3.21. The standard InChI is InChI=1S/C18H22N2O3/c21-16(17-4-2-12-23-17)13-15-3-1-11-20(15)18(22)6-5-14-7-9-19-10-8-14/h2,4,7-10,12,15-16,21H,1,3,5-6,11,13H2. The highest BCUT2D eigenvalue weighted by Gasteiger charge is 2.30. The Labute approximate surface area is 135 Å². The molecule has 0 saturated carbocycles. The molecule has 3 heterocycles. The Morgan fingerprint density at radius 1 is 1.39 bits per heavy atom. The van der Waals surface area contributed by atoms with Crippen LogP contribution in [0.3, 0.4) is 0 Å². The number of hydrogen-bond acceptors (Lipinski definition) is 4. The highest BCUT2D eigenvalue weighted by molar-refractivity contribution is 5.77. The summed E-state index contributed by atoms with van der Waals surface area (Å²) in [5, 5.41) is 10.2. The summed E-state index contributed by atoms with van der Waals surface area (Å²) in [6.07, 6.45) is 8.11. The van der Waals surface area contributed by atoms with E-state index in [1.165, 1.54) is 0 Å². The van der Waals surface area contributed by atoms with E-state index in [-0.39, 0.29) is 11.9 Å². The van der Waals surface area contributed by atoms with E-state index < -0.39 is 6.10 Å². The molecule has 0 spiro atoms.